The summed E-state index contributed by atoms with van der Waals surface area (Å²) >= 11 is 0. The molecule has 1 atom stereocenters. The van der Waals surface area contributed by atoms with Crippen molar-refractivity contribution < 1.29 is 0 Å². The molecule has 0 aliphatic carbocycles. The molecule has 20 heavy (non-hydrogen) atoms. The van der Waals surface area contributed by atoms with E-state index in [1.165, 1.54) is 0 Å². The third-order valence-electron chi connectivity index (χ3n) is 3.49. The molecular formula is C15H19N5. The van der Waals surface area contributed by atoms with Gasteiger partial charge >= 0.3 is 0 Å². The van der Waals surface area contributed by atoms with Crippen molar-refractivity contribution in [3.05, 3.63) is 42.7 Å². The number of aromatic nitrogens is 2. The molecule has 1 aliphatic rings. The van der Waals surface area contributed by atoms with Crippen molar-refractivity contribution in [3.8, 4) is 0 Å². The number of para-hydroxylation sites is 1. The van der Waals surface area contributed by atoms with Gasteiger partial charge < -0.3 is 15.5 Å². The summed E-state index contributed by atoms with van der Waals surface area (Å²) in [7, 11) is 0. The Hall–Kier alpha value is -2.14. The molecule has 0 amide bonds. The number of hydrogen-bond acceptors (Lipinski definition) is 5. The first kappa shape index (κ1) is 12.9. The standard InChI is InChI=1S/C15H19N5/c1-12-10-16-7-8-20(12)15-9-14(17-11-18-15)19-13-5-3-2-4-6-13/h2-6,9,11-12,16H,7-8,10H2,1H3,(H,17,18,19). The summed E-state index contributed by atoms with van der Waals surface area (Å²) in [5.74, 6) is 1.80. The number of nitrogens with one attached hydrogen (secondary N) is 2. The number of anilines is 3. The molecule has 1 unspecified atom stereocenters. The summed E-state index contributed by atoms with van der Waals surface area (Å²) in [5, 5.41) is 6.69. The van der Waals surface area contributed by atoms with E-state index in [1.807, 2.05) is 36.4 Å². The molecule has 0 bridgehead atoms. The van der Waals surface area contributed by atoms with Gasteiger partial charge in [-0.1, -0.05) is 18.2 Å². The van der Waals surface area contributed by atoms with Gasteiger partial charge in [0.25, 0.3) is 0 Å². The highest BCUT2D eigenvalue weighted by molar-refractivity contribution is 5.59. The van der Waals surface area contributed by atoms with Gasteiger partial charge in [-0.15, -0.1) is 0 Å². The summed E-state index contributed by atoms with van der Waals surface area (Å²) < 4.78 is 0. The zero-order valence-electron chi connectivity index (χ0n) is 11.6. The second-order valence-electron chi connectivity index (χ2n) is 5.00. The number of hydrogen-bond donors (Lipinski definition) is 2. The van der Waals surface area contributed by atoms with Crippen molar-refractivity contribution in [1.29, 1.82) is 0 Å². The first-order valence-corrected chi connectivity index (χ1v) is 6.94. The van der Waals surface area contributed by atoms with Crippen LogP contribution in [0.15, 0.2) is 42.7 Å². The molecule has 0 spiro atoms. The second kappa shape index (κ2) is 5.88. The molecule has 5 heteroatoms. The Labute approximate surface area is 119 Å². The van der Waals surface area contributed by atoms with Gasteiger partial charge in [0, 0.05) is 37.4 Å². The van der Waals surface area contributed by atoms with Gasteiger partial charge in [0.15, 0.2) is 0 Å². The van der Waals surface area contributed by atoms with E-state index >= 15 is 0 Å². The molecule has 1 aliphatic heterocycles. The average molecular weight is 269 g/mol. The molecule has 1 fully saturated rings. The molecule has 1 aromatic carbocycles. The number of rotatable bonds is 3. The predicted octanol–water partition coefficient (Wildman–Crippen LogP) is 2.02. The predicted molar refractivity (Wildman–Crippen MR) is 81.4 cm³/mol. The van der Waals surface area contributed by atoms with Crippen molar-refractivity contribution in [1.82, 2.24) is 15.3 Å². The lowest BCUT2D eigenvalue weighted by atomic mass is 10.2. The van der Waals surface area contributed by atoms with Gasteiger partial charge in [0.05, 0.1) is 0 Å². The Morgan fingerprint density at radius 2 is 2.10 bits per heavy atom. The SMILES string of the molecule is CC1CNCCN1c1cc(Nc2ccccc2)ncn1. The highest BCUT2D eigenvalue weighted by Gasteiger charge is 2.19. The number of benzene rings is 1. The summed E-state index contributed by atoms with van der Waals surface area (Å²) in [6.45, 7) is 5.17. The highest BCUT2D eigenvalue weighted by atomic mass is 15.3. The van der Waals surface area contributed by atoms with Crippen LogP contribution in [0.4, 0.5) is 17.3 Å². The van der Waals surface area contributed by atoms with Crippen LogP contribution in [0.25, 0.3) is 0 Å². The molecule has 2 aromatic rings. The molecule has 0 saturated carbocycles. The van der Waals surface area contributed by atoms with Crippen LogP contribution in [0.1, 0.15) is 6.92 Å². The summed E-state index contributed by atoms with van der Waals surface area (Å²) in [6.07, 6.45) is 1.62. The first-order chi connectivity index (χ1) is 9.83. The van der Waals surface area contributed by atoms with E-state index in [0.29, 0.717) is 6.04 Å². The van der Waals surface area contributed by atoms with E-state index in [4.69, 9.17) is 0 Å². The third-order valence-corrected chi connectivity index (χ3v) is 3.49. The first-order valence-electron chi connectivity index (χ1n) is 6.94. The van der Waals surface area contributed by atoms with E-state index in [9.17, 15) is 0 Å². The number of nitrogens with zero attached hydrogens (tertiary/aromatic N) is 3. The monoisotopic (exact) mass is 269 g/mol. The van der Waals surface area contributed by atoms with Crippen molar-refractivity contribution in [2.45, 2.75) is 13.0 Å². The maximum absolute atomic E-state index is 4.40. The van der Waals surface area contributed by atoms with E-state index in [-0.39, 0.29) is 0 Å². The zero-order chi connectivity index (χ0) is 13.8. The summed E-state index contributed by atoms with van der Waals surface area (Å²) in [5.41, 5.74) is 1.03. The fourth-order valence-electron chi connectivity index (χ4n) is 2.42. The van der Waals surface area contributed by atoms with Crippen LogP contribution in [0.3, 0.4) is 0 Å². The van der Waals surface area contributed by atoms with Crippen molar-refractivity contribution >= 4 is 17.3 Å². The van der Waals surface area contributed by atoms with Gasteiger partial charge in [-0.05, 0) is 19.1 Å². The van der Waals surface area contributed by atoms with Gasteiger partial charge in [-0.3, -0.25) is 0 Å². The van der Waals surface area contributed by atoms with Gasteiger partial charge in [0.2, 0.25) is 0 Å². The van der Waals surface area contributed by atoms with Crippen LogP contribution in [0.5, 0.6) is 0 Å². The lowest BCUT2D eigenvalue weighted by Crippen LogP contribution is -2.50. The van der Waals surface area contributed by atoms with Crippen LogP contribution < -0.4 is 15.5 Å². The zero-order valence-corrected chi connectivity index (χ0v) is 11.6. The normalized spacial score (nSPS) is 18.9. The highest BCUT2D eigenvalue weighted by Crippen LogP contribution is 2.20. The van der Waals surface area contributed by atoms with E-state index in [1.54, 1.807) is 6.33 Å². The molecule has 1 saturated heterocycles. The van der Waals surface area contributed by atoms with E-state index < -0.39 is 0 Å². The molecule has 5 nitrogen and oxygen atoms in total. The van der Waals surface area contributed by atoms with Gasteiger partial charge in [0.1, 0.15) is 18.0 Å². The summed E-state index contributed by atoms with van der Waals surface area (Å²) in [4.78, 5) is 11.0. The Morgan fingerprint density at radius 3 is 2.90 bits per heavy atom. The fourth-order valence-corrected chi connectivity index (χ4v) is 2.42. The van der Waals surface area contributed by atoms with E-state index in [0.717, 1.165) is 37.0 Å². The minimum atomic E-state index is 0.447. The average Bonchev–Trinajstić information content (AvgIpc) is 2.49. The minimum absolute atomic E-state index is 0.447. The van der Waals surface area contributed by atoms with Crippen LogP contribution in [-0.2, 0) is 0 Å². The topological polar surface area (TPSA) is 53.1 Å². The molecule has 0 radical (unpaired) electrons. The van der Waals surface area contributed by atoms with Crippen LogP contribution in [0, 0.1) is 0 Å². The second-order valence-corrected chi connectivity index (χ2v) is 5.00. The molecule has 2 N–H and O–H groups in total. The Morgan fingerprint density at radius 1 is 1.25 bits per heavy atom. The maximum atomic E-state index is 4.40. The summed E-state index contributed by atoms with van der Waals surface area (Å²) in [6, 6.07) is 12.5. The van der Waals surface area contributed by atoms with E-state index in [2.05, 4.69) is 32.4 Å². The molecule has 104 valence electrons. The fraction of sp³-hybridized carbons (Fsp3) is 0.333. The van der Waals surface area contributed by atoms with Crippen LogP contribution >= 0.6 is 0 Å². The lowest BCUT2D eigenvalue weighted by Gasteiger charge is -2.34. The smallest absolute Gasteiger partial charge is 0.135 e. The van der Waals surface area contributed by atoms with Crippen LogP contribution in [-0.4, -0.2) is 35.6 Å². The maximum Gasteiger partial charge on any atom is 0.135 e. The van der Waals surface area contributed by atoms with Gasteiger partial charge in [-0.25, -0.2) is 9.97 Å². The lowest BCUT2D eigenvalue weighted by molar-refractivity contribution is 0.497. The minimum Gasteiger partial charge on any atom is -0.351 e. The largest absolute Gasteiger partial charge is 0.351 e. The Bertz CT molecular complexity index is 557. The van der Waals surface area contributed by atoms with Crippen molar-refractivity contribution in [2.24, 2.45) is 0 Å². The van der Waals surface area contributed by atoms with Crippen molar-refractivity contribution in [3.63, 3.8) is 0 Å². The molecule has 2 heterocycles. The van der Waals surface area contributed by atoms with Gasteiger partial charge in [-0.2, -0.15) is 0 Å². The third kappa shape index (κ3) is 2.88. The van der Waals surface area contributed by atoms with Crippen LogP contribution in [0.2, 0.25) is 0 Å². The Balaban J connectivity index is 1.79. The Kier molecular flexibility index (Phi) is 3.78. The molecular weight excluding hydrogens is 250 g/mol. The molecule has 1 aromatic heterocycles. The number of piperazine rings is 1. The van der Waals surface area contributed by atoms with Crippen molar-refractivity contribution in [2.75, 3.05) is 29.9 Å². The molecule has 3 rings (SSSR count). The quantitative estimate of drug-likeness (QED) is 0.893.